The van der Waals surface area contributed by atoms with E-state index in [2.05, 4.69) is 16.0 Å². The van der Waals surface area contributed by atoms with Crippen LogP contribution in [0, 0.1) is 0 Å². The van der Waals surface area contributed by atoms with Crippen molar-refractivity contribution in [3.8, 4) is 0 Å². The van der Waals surface area contributed by atoms with Crippen LogP contribution in [0.4, 0.5) is 0 Å². The molecule has 1 amide bonds. The largest absolute Gasteiger partial charge is 0.343 e. The fourth-order valence-corrected chi connectivity index (χ4v) is 2.63. The zero-order valence-electron chi connectivity index (χ0n) is 10.5. The molecule has 3 rings (SSSR count). The van der Waals surface area contributed by atoms with Crippen LogP contribution in [-0.4, -0.2) is 33.9 Å². The number of imidazole rings is 1. The minimum Gasteiger partial charge on any atom is -0.343 e. The van der Waals surface area contributed by atoms with Crippen LogP contribution < -0.4 is 0 Å². The van der Waals surface area contributed by atoms with Gasteiger partial charge in [-0.1, -0.05) is 12.1 Å². The van der Waals surface area contributed by atoms with Crippen molar-refractivity contribution in [1.29, 1.82) is 0 Å². The number of rotatable bonds is 1. The number of nitrogens with zero attached hydrogens (tertiary/aromatic N) is 2. The number of amides is 1. The number of nitrogens with one attached hydrogen (secondary N) is 1. The lowest BCUT2D eigenvalue weighted by Crippen LogP contribution is -2.36. The smallest absolute Gasteiger partial charge is 0.219 e. The Morgan fingerprint density at radius 2 is 2.06 bits per heavy atom. The van der Waals surface area contributed by atoms with Gasteiger partial charge in [0.05, 0.1) is 11.0 Å². The lowest BCUT2D eigenvalue weighted by Gasteiger charge is -2.30. The number of likely N-dealkylation sites (tertiary alicyclic amines) is 1. The van der Waals surface area contributed by atoms with E-state index in [-0.39, 0.29) is 5.91 Å². The van der Waals surface area contributed by atoms with Crippen LogP contribution in [0.2, 0.25) is 0 Å². The van der Waals surface area contributed by atoms with E-state index < -0.39 is 0 Å². The maximum atomic E-state index is 11.3. The van der Waals surface area contributed by atoms with Gasteiger partial charge in [0, 0.05) is 25.9 Å². The Labute approximate surface area is 106 Å². The second-order valence-electron chi connectivity index (χ2n) is 4.92. The minimum absolute atomic E-state index is 0.179. The zero-order valence-corrected chi connectivity index (χ0v) is 10.5. The molecule has 1 aliphatic rings. The number of aromatic nitrogens is 2. The van der Waals surface area contributed by atoms with E-state index in [1.807, 2.05) is 23.1 Å². The van der Waals surface area contributed by atoms with Crippen LogP contribution in [-0.2, 0) is 4.79 Å². The van der Waals surface area contributed by atoms with Crippen molar-refractivity contribution in [2.75, 3.05) is 13.1 Å². The van der Waals surface area contributed by atoms with Crippen LogP contribution in [0.5, 0.6) is 0 Å². The van der Waals surface area contributed by atoms with Crippen molar-refractivity contribution < 1.29 is 4.79 Å². The van der Waals surface area contributed by atoms with E-state index in [9.17, 15) is 4.79 Å². The Hall–Kier alpha value is -1.84. The lowest BCUT2D eigenvalue weighted by atomic mass is 9.96. The van der Waals surface area contributed by atoms with Crippen molar-refractivity contribution in [3.63, 3.8) is 0 Å². The molecule has 1 aromatic heterocycles. The Morgan fingerprint density at radius 1 is 1.33 bits per heavy atom. The molecule has 0 radical (unpaired) electrons. The summed E-state index contributed by atoms with van der Waals surface area (Å²) in [5, 5.41) is 0. The molecule has 1 fully saturated rings. The zero-order chi connectivity index (χ0) is 12.5. The SMILES string of the molecule is CC(=O)N1CCC(c2nc3ccccc3[nH]2)CC1. The average molecular weight is 243 g/mol. The van der Waals surface area contributed by atoms with Gasteiger partial charge in [-0.2, -0.15) is 0 Å². The summed E-state index contributed by atoms with van der Waals surface area (Å²) in [5.74, 6) is 1.70. The van der Waals surface area contributed by atoms with Crippen LogP contribution in [0.1, 0.15) is 31.5 Å². The average Bonchev–Trinajstić information content (AvgIpc) is 2.82. The normalized spacial score (nSPS) is 17.3. The second-order valence-corrected chi connectivity index (χ2v) is 4.92. The first-order chi connectivity index (χ1) is 8.74. The van der Waals surface area contributed by atoms with E-state index in [1.165, 1.54) is 0 Å². The van der Waals surface area contributed by atoms with Crippen molar-refractivity contribution in [2.24, 2.45) is 0 Å². The molecule has 0 unspecified atom stereocenters. The van der Waals surface area contributed by atoms with E-state index >= 15 is 0 Å². The highest BCUT2D eigenvalue weighted by Gasteiger charge is 2.23. The van der Waals surface area contributed by atoms with E-state index in [0.29, 0.717) is 5.92 Å². The Balaban J connectivity index is 1.78. The number of piperidine rings is 1. The molecule has 1 N–H and O–H groups in total. The summed E-state index contributed by atoms with van der Waals surface area (Å²) in [7, 11) is 0. The Morgan fingerprint density at radius 3 is 2.72 bits per heavy atom. The van der Waals surface area contributed by atoms with Gasteiger partial charge in [-0.25, -0.2) is 4.98 Å². The van der Waals surface area contributed by atoms with Gasteiger partial charge in [0.1, 0.15) is 5.82 Å². The molecule has 18 heavy (non-hydrogen) atoms. The number of hydrogen-bond acceptors (Lipinski definition) is 2. The van der Waals surface area contributed by atoms with Gasteiger partial charge in [0.2, 0.25) is 5.91 Å². The van der Waals surface area contributed by atoms with Crippen molar-refractivity contribution in [3.05, 3.63) is 30.1 Å². The minimum atomic E-state index is 0.179. The molecule has 4 heteroatoms. The molecule has 1 aliphatic heterocycles. The van der Waals surface area contributed by atoms with Gasteiger partial charge in [0.25, 0.3) is 0 Å². The van der Waals surface area contributed by atoms with E-state index in [1.54, 1.807) is 6.92 Å². The topological polar surface area (TPSA) is 49.0 Å². The number of H-pyrrole nitrogens is 1. The number of hydrogen-bond donors (Lipinski definition) is 1. The standard InChI is InChI=1S/C14H17N3O/c1-10(18)17-8-6-11(7-9-17)14-15-12-4-2-3-5-13(12)16-14/h2-5,11H,6-9H2,1H3,(H,15,16). The maximum absolute atomic E-state index is 11.3. The number of carbonyl (C=O) groups excluding carboxylic acids is 1. The Bertz CT molecular complexity index is 534. The third-order valence-electron chi connectivity index (χ3n) is 3.73. The van der Waals surface area contributed by atoms with E-state index in [4.69, 9.17) is 0 Å². The van der Waals surface area contributed by atoms with Gasteiger partial charge in [-0.15, -0.1) is 0 Å². The molecule has 0 aliphatic carbocycles. The van der Waals surface area contributed by atoms with Crippen LogP contribution in [0.15, 0.2) is 24.3 Å². The molecule has 2 aromatic rings. The summed E-state index contributed by atoms with van der Waals surface area (Å²) in [4.78, 5) is 21.2. The summed E-state index contributed by atoms with van der Waals surface area (Å²) in [6.07, 6.45) is 2.00. The highest BCUT2D eigenvalue weighted by atomic mass is 16.2. The van der Waals surface area contributed by atoms with E-state index in [0.717, 1.165) is 42.8 Å². The van der Waals surface area contributed by atoms with Crippen molar-refractivity contribution in [2.45, 2.75) is 25.7 Å². The molecule has 0 bridgehead atoms. The molecular formula is C14H17N3O. The number of para-hydroxylation sites is 2. The highest BCUT2D eigenvalue weighted by Crippen LogP contribution is 2.27. The monoisotopic (exact) mass is 243 g/mol. The molecule has 94 valence electrons. The fourth-order valence-electron chi connectivity index (χ4n) is 2.63. The van der Waals surface area contributed by atoms with Gasteiger partial charge in [0.15, 0.2) is 0 Å². The number of fused-ring (bicyclic) bond motifs is 1. The van der Waals surface area contributed by atoms with Crippen LogP contribution >= 0.6 is 0 Å². The summed E-state index contributed by atoms with van der Waals surface area (Å²) in [6, 6.07) is 8.10. The van der Waals surface area contributed by atoms with Crippen LogP contribution in [0.25, 0.3) is 11.0 Å². The molecule has 0 spiro atoms. The predicted octanol–water partition coefficient (Wildman–Crippen LogP) is 2.29. The van der Waals surface area contributed by atoms with Crippen LogP contribution in [0.3, 0.4) is 0 Å². The number of carbonyl (C=O) groups is 1. The van der Waals surface area contributed by atoms with Gasteiger partial charge in [-0.3, -0.25) is 4.79 Å². The molecular weight excluding hydrogens is 226 g/mol. The number of benzene rings is 1. The summed E-state index contributed by atoms with van der Waals surface area (Å²) in [5.41, 5.74) is 2.13. The number of aromatic amines is 1. The molecule has 4 nitrogen and oxygen atoms in total. The first-order valence-corrected chi connectivity index (χ1v) is 6.44. The lowest BCUT2D eigenvalue weighted by molar-refractivity contribution is -0.129. The third-order valence-corrected chi connectivity index (χ3v) is 3.73. The quantitative estimate of drug-likeness (QED) is 0.835. The molecule has 0 saturated carbocycles. The summed E-state index contributed by atoms with van der Waals surface area (Å²) >= 11 is 0. The van der Waals surface area contributed by atoms with Crippen molar-refractivity contribution in [1.82, 2.24) is 14.9 Å². The molecule has 1 aromatic carbocycles. The fraction of sp³-hybridized carbons (Fsp3) is 0.429. The third kappa shape index (κ3) is 1.98. The first kappa shape index (κ1) is 11.3. The molecule has 0 atom stereocenters. The molecule has 1 saturated heterocycles. The highest BCUT2D eigenvalue weighted by molar-refractivity contribution is 5.75. The summed E-state index contributed by atoms with van der Waals surface area (Å²) in [6.45, 7) is 3.33. The Kier molecular flexibility index (Phi) is 2.78. The second kappa shape index (κ2) is 4.44. The van der Waals surface area contributed by atoms with Crippen molar-refractivity contribution >= 4 is 16.9 Å². The van der Waals surface area contributed by atoms with Gasteiger partial charge < -0.3 is 9.88 Å². The van der Waals surface area contributed by atoms with Gasteiger partial charge >= 0.3 is 0 Å². The summed E-state index contributed by atoms with van der Waals surface area (Å²) < 4.78 is 0. The predicted molar refractivity (Wildman–Crippen MR) is 70.3 cm³/mol. The van der Waals surface area contributed by atoms with Gasteiger partial charge in [-0.05, 0) is 25.0 Å². The molecule has 2 heterocycles. The maximum Gasteiger partial charge on any atom is 0.219 e. The first-order valence-electron chi connectivity index (χ1n) is 6.44.